The van der Waals surface area contributed by atoms with Gasteiger partial charge in [0.05, 0.1) is 11.6 Å². The van der Waals surface area contributed by atoms with Crippen molar-refractivity contribution < 1.29 is 39.5 Å². The highest BCUT2D eigenvalue weighted by Crippen LogP contribution is 2.32. The molecule has 6 atom stereocenters. The highest BCUT2D eigenvalue weighted by atomic mass is 16.6. The lowest BCUT2D eigenvalue weighted by molar-refractivity contribution is -0.287. The molecule has 2 aromatic rings. The Balaban J connectivity index is 1.42. The number of hydrogen-bond acceptors (Lipinski definition) is 8. The summed E-state index contributed by atoms with van der Waals surface area (Å²) in [6, 6.07) is 12.3. The van der Waals surface area contributed by atoms with Gasteiger partial charge >= 0.3 is 5.97 Å². The van der Waals surface area contributed by atoms with Crippen molar-refractivity contribution in [1.82, 2.24) is 4.57 Å². The van der Waals surface area contributed by atoms with Crippen LogP contribution in [0.5, 0.6) is 0 Å². The molecule has 0 amide bonds. The summed E-state index contributed by atoms with van der Waals surface area (Å²) in [6.07, 6.45) is -7.19. The van der Waals surface area contributed by atoms with Gasteiger partial charge in [-0.25, -0.2) is 0 Å². The second-order valence-electron chi connectivity index (χ2n) is 7.50. The number of hydrogen-bond donors (Lipinski definition) is 4. The van der Waals surface area contributed by atoms with Crippen LogP contribution in [-0.4, -0.2) is 74.1 Å². The number of nitrogens with zero attached hydrogens (tertiary/aromatic N) is 1. The number of aliphatic hydroxyl groups is 4. The third kappa shape index (κ3) is 3.66. The van der Waals surface area contributed by atoms with Gasteiger partial charge < -0.3 is 34.5 Å². The Morgan fingerprint density at radius 3 is 2.47 bits per heavy atom. The molecular formula is C21H23NO8. The Kier molecular flexibility index (Phi) is 5.72. The average Bonchev–Trinajstić information content (AvgIpc) is 3.36. The fraction of sp³-hybridized carbons (Fsp3) is 0.429. The zero-order chi connectivity index (χ0) is 21.4. The molecule has 1 fully saturated rings. The number of aromatic nitrogens is 1. The molecule has 30 heavy (non-hydrogen) atoms. The first-order valence-corrected chi connectivity index (χ1v) is 9.72. The van der Waals surface area contributed by atoms with E-state index >= 15 is 0 Å². The molecule has 1 aromatic carbocycles. The summed E-state index contributed by atoms with van der Waals surface area (Å²) >= 11 is 0. The summed E-state index contributed by atoms with van der Waals surface area (Å²) in [5, 5.41) is 38.8. The maximum Gasteiger partial charge on any atom is 0.315 e. The molecule has 0 radical (unpaired) electrons. The minimum atomic E-state index is -1.69. The molecule has 2 aliphatic rings. The molecule has 0 spiro atoms. The van der Waals surface area contributed by atoms with Crippen LogP contribution in [-0.2, 0) is 20.8 Å². The molecule has 4 rings (SSSR count). The van der Waals surface area contributed by atoms with Crippen molar-refractivity contribution in [3.8, 4) is 0 Å². The molecule has 4 N–H and O–H groups in total. The number of benzene rings is 1. The molecule has 0 aliphatic carbocycles. The summed E-state index contributed by atoms with van der Waals surface area (Å²) in [7, 11) is 0. The standard InChI is InChI=1S/C21H23NO8/c23-16(11-4-2-1-3-5-11)14-7-6-13-12(8-9-22(13)14)20(27)29-10-15-17(24)18(25)19(26)21(28)30-15/h1-7,12,15,17-19,21,24-26,28H,8-10H2/t12?,15?,17-,18?,19?,21-/m0/s1. The van der Waals surface area contributed by atoms with Crippen LogP contribution < -0.4 is 0 Å². The van der Waals surface area contributed by atoms with Gasteiger partial charge in [-0.3, -0.25) is 9.59 Å². The lowest BCUT2D eigenvalue weighted by Gasteiger charge is -2.37. The maximum absolute atomic E-state index is 12.8. The molecule has 1 saturated heterocycles. The van der Waals surface area contributed by atoms with Crippen molar-refractivity contribution in [2.75, 3.05) is 6.61 Å². The minimum absolute atomic E-state index is 0.129. The summed E-state index contributed by atoms with van der Waals surface area (Å²) in [5.41, 5.74) is 1.73. The van der Waals surface area contributed by atoms with E-state index in [0.717, 1.165) is 0 Å². The fourth-order valence-electron chi connectivity index (χ4n) is 3.95. The van der Waals surface area contributed by atoms with E-state index < -0.39 is 49.2 Å². The number of aliphatic hydroxyl groups excluding tert-OH is 4. The predicted molar refractivity (Wildman–Crippen MR) is 102 cm³/mol. The number of fused-ring (bicyclic) bond motifs is 1. The molecule has 3 heterocycles. The molecule has 160 valence electrons. The Morgan fingerprint density at radius 2 is 1.73 bits per heavy atom. The van der Waals surface area contributed by atoms with Gasteiger partial charge in [0, 0.05) is 17.8 Å². The van der Waals surface area contributed by atoms with Crippen molar-refractivity contribution in [3.05, 3.63) is 59.4 Å². The van der Waals surface area contributed by atoms with Crippen molar-refractivity contribution >= 4 is 11.8 Å². The van der Waals surface area contributed by atoms with E-state index in [9.17, 15) is 30.0 Å². The number of esters is 1. The normalized spacial score (nSPS) is 30.7. The fourth-order valence-corrected chi connectivity index (χ4v) is 3.95. The summed E-state index contributed by atoms with van der Waals surface area (Å²) < 4.78 is 12.1. The molecule has 0 bridgehead atoms. The Hall–Kier alpha value is -2.56. The highest BCUT2D eigenvalue weighted by molar-refractivity contribution is 6.08. The van der Waals surface area contributed by atoms with Crippen molar-refractivity contribution in [3.63, 3.8) is 0 Å². The van der Waals surface area contributed by atoms with E-state index in [4.69, 9.17) is 9.47 Å². The molecule has 1 aromatic heterocycles. The monoisotopic (exact) mass is 417 g/mol. The average molecular weight is 417 g/mol. The summed E-state index contributed by atoms with van der Waals surface area (Å²) in [6.45, 7) is 0.0933. The second kappa shape index (κ2) is 8.29. The van der Waals surface area contributed by atoms with E-state index in [1.807, 2.05) is 6.07 Å². The topological polar surface area (TPSA) is 138 Å². The predicted octanol–water partition coefficient (Wildman–Crippen LogP) is -0.451. The van der Waals surface area contributed by atoms with E-state index in [1.54, 1.807) is 41.0 Å². The third-order valence-corrected chi connectivity index (χ3v) is 5.64. The van der Waals surface area contributed by atoms with Gasteiger partial charge in [0.15, 0.2) is 6.29 Å². The van der Waals surface area contributed by atoms with Gasteiger partial charge in [-0.1, -0.05) is 30.3 Å². The SMILES string of the molecule is O=C(c1ccccc1)c1ccc2n1CCC2C(=O)OCC1O[C@H](O)C(O)C(O)[C@H]1O. The van der Waals surface area contributed by atoms with Crippen molar-refractivity contribution in [1.29, 1.82) is 0 Å². The van der Waals surface area contributed by atoms with Crippen LogP contribution in [0.25, 0.3) is 0 Å². The maximum atomic E-state index is 12.8. The number of ketones is 1. The molecular weight excluding hydrogens is 394 g/mol. The van der Waals surface area contributed by atoms with Gasteiger partial charge in [-0.15, -0.1) is 0 Å². The third-order valence-electron chi connectivity index (χ3n) is 5.64. The molecule has 0 saturated carbocycles. The number of rotatable bonds is 5. The van der Waals surface area contributed by atoms with Crippen LogP contribution in [0.15, 0.2) is 42.5 Å². The lowest BCUT2D eigenvalue weighted by Crippen LogP contribution is -2.58. The zero-order valence-corrected chi connectivity index (χ0v) is 16.0. The summed E-state index contributed by atoms with van der Waals surface area (Å²) in [5.74, 6) is -1.27. The van der Waals surface area contributed by atoms with Crippen LogP contribution >= 0.6 is 0 Å². The van der Waals surface area contributed by atoms with Crippen LogP contribution in [0.4, 0.5) is 0 Å². The Morgan fingerprint density at radius 1 is 1.00 bits per heavy atom. The van der Waals surface area contributed by atoms with Gasteiger partial charge in [-0.05, 0) is 18.6 Å². The molecule has 9 nitrogen and oxygen atoms in total. The first kappa shape index (κ1) is 20.7. The van der Waals surface area contributed by atoms with Crippen LogP contribution in [0.2, 0.25) is 0 Å². The van der Waals surface area contributed by atoms with Crippen LogP contribution in [0, 0.1) is 0 Å². The van der Waals surface area contributed by atoms with Gasteiger partial charge in [0.25, 0.3) is 0 Å². The first-order valence-electron chi connectivity index (χ1n) is 9.72. The highest BCUT2D eigenvalue weighted by Gasteiger charge is 2.44. The number of carbonyl (C=O) groups excluding carboxylic acids is 2. The number of ether oxygens (including phenoxy) is 2. The van der Waals surface area contributed by atoms with E-state index in [2.05, 4.69) is 0 Å². The van der Waals surface area contributed by atoms with E-state index in [0.29, 0.717) is 29.9 Å². The van der Waals surface area contributed by atoms with Gasteiger partial charge in [-0.2, -0.15) is 0 Å². The minimum Gasteiger partial charge on any atom is -0.462 e. The second-order valence-corrected chi connectivity index (χ2v) is 7.50. The smallest absolute Gasteiger partial charge is 0.315 e. The Labute approximate surface area is 172 Å². The quantitative estimate of drug-likeness (QED) is 0.379. The van der Waals surface area contributed by atoms with Crippen LogP contribution in [0.3, 0.4) is 0 Å². The largest absolute Gasteiger partial charge is 0.462 e. The summed E-state index contributed by atoms with van der Waals surface area (Å²) in [4.78, 5) is 25.4. The van der Waals surface area contributed by atoms with Crippen molar-refractivity contribution in [2.24, 2.45) is 0 Å². The van der Waals surface area contributed by atoms with Gasteiger partial charge in [0.1, 0.15) is 31.0 Å². The molecule has 2 aliphatic heterocycles. The van der Waals surface area contributed by atoms with E-state index in [1.165, 1.54) is 0 Å². The zero-order valence-electron chi connectivity index (χ0n) is 16.0. The molecule has 9 heteroatoms. The van der Waals surface area contributed by atoms with Gasteiger partial charge in [0.2, 0.25) is 5.78 Å². The molecule has 4 unspecified atom stereocenters. The van der Waals surface area contributed by atoms with Crippen molar-refractivity contribution in [2.45, 2.75) is 49.6 Å². The van der Waals surface area contributed by atoms with E-state index in [-0.39, 0.29) is 5.78 Å². The number of carbonyl (C=O) groups is 2. The Bertz CT molecular complexity index is 926. The lowest BCUT2D eigenvalue weighted by atomic mass is 9.99. The first-order chi connectivity index (χ1) is 14.4. The van der Waals surface area contributed by atoms with Crippen LogP contribution in [0.1, 0.15) is 34.1 Å².